The minimum absolute atomic E-state index is 0.000320. The second kappa shape index (κ2) is 6.85. The van der Waals surface area contributed by atoms with Crippen molar-refractivity contribution in [3.63, 3.8) is 0 Å². The van der Waals surface area contributed by atoms with Crippen LogP contribution in [0.2, 0.25) is 0 Å². The fourth-order valence-electron chi connectivity index (χ4n) is 2.95. The van der Waals surface area contributed by atoms with Gasteiger partial charge in [-0.25, -0.2) is 0 Å². The maximum atomic E-state index is 12.7. The number of carbonyl (C=O) groups is 2. The summed E-state index contributed by atoms with van der Waals surface area (Å²) in [6.45, 7) is 1.78. The molecule has 6 heteroatoms. The van der Waals surface area contributed by atoms with Gasteiger partial charge in [0.1, 0.15) is 17.2 Å². The number of hydrogen-bond acceptors (Lipinski definition) is 5. The van der Waals surface area contributed by atoms with Crippen molar-refractivity contribution >= 4 is 33.8 Å². The van der Waals surface area contributed by atoms with Crippen molar-refractivity contribution in [3.8, 4) is 17.2 Å². The van der Waals surface area contributed by atoms with Crippen LogP contribution in [-0.4, -0.2) is 18.9 Å². The molecule has 27 heavy (non-hydrogen) atoms. The molecular formula is C21H17BrO5. The lowest BCUT2D eigenvalue weighted by Crippen LogP contribution is -2.10. The van der Waals surface area contributed by atoms with Gasteiger partial charge in [-0.2, -0.15) is 0 Å². The Balaban J connectivity index is 1.66. The average Bonchev–Trinajstić information content (AvgIpc) is 3.45. The predicted octanol–water partition coefficient (Wildman–Crippen LogP) is 4.70. The summed E-state index contributed by atoms with van der Waals surface area (Å²) in [5, 5.41) is 0. The van der Waals surface area contributed by atoms with Crippen LogP contribution >= 0.6 is 15.9 Å². The molecule has 0 unspecified atom stereocenters. The highest BCUT2D eigenvalue weighted by Gasteiger charge is 2.34. The summed E-state index contributed by atoms with van der Waals surface area (Å²) in [5.41, 5.74) is 1.82. The molecule has 0 N–H and O–H groups in total. The van der Waals surface area contributed by atoms with Crippen LogP contribution in [0.3, 0.4) is 0 Å². The number of benzene rings is 2. The highest BCUT2D eigenvalue weighted by Crippen LogP contribution is 2.41. The van der Waals surface area contributed by atoms with E-state index >= 15 is 0 Å². The zero-order chi connectivity index (χ0) is 19.1. The minimum atomic E-state index is -0.225. The third kappa shape index (κ3) is 3.37. The van der Waals surface area contributed by atoms with E-state index in [1.165, 1.54) is 0 Å². The summed E-state index contributed by atoms with van der Waals surface area (Å²) in [4.78, 5) is 24.7. The van der Waals surface area contributed by atoms with Gasteiger partial charge in [0.05, 0.1) is 18.6 Å². The number of allylic oxidation sites excluding steroid dienone is 1. The maximum Gasteiger partial charge on any atom is 0.314 e. The van der Waals surface area contributed by atoms with Crippen LogP contribution in [-0.2, 0) is 4.79 Å². The number of esters is 1. The summed E-state index contributed by atoms with van der Waals surface area (Å²) in [5.74, 6) is 1.26. The van der Waals surface area contributed by atoms with E-state index in [0.717, 1.165) is 22.9 Å². The smallest absolute Gasteiger partial charge is 0.314 e. The molecule has 0 amide bonds. The number of ether oxygens (including phenoxy) is 3. The molecule has 0 spiro atoms. The highest BCUT2D eigenvalue weighted by atomic mass is 79.9. The molecule has 1 heterocycles. The third-order valence-corrected chi connectivity index (χ3v) is 5.13. The zero-order valence-corrected chi connectivity index (χ0v) is 16.5. The van der Waals surface area contributed by atoms with Gasteiger partial charge in [0.25, 0.3) is 0 Å². The summed E-state index contributed by atoms with van der Waals surface area (Å²) < 4.78 is 17.5. The number of Topliss-reactive ketones (excluding diaryl/α,β-unsaturated/α-hetero) is 1. The minimum Gasteiger partial charge on any atom is -0.496 e. The Labute approximate surface area is 165 Å². The van der Waals surface area contributed by atoms with Crippen LogP contribution in [0.25, 0.3) is 6.08 Å². The van der Waals surface area contributed by atoms with Crippen LogP contribution in [0.15, 0.2) is 40.6 Å². The van der Waals surface area contributed by atoms with Crippen LogP contribution in [0.4, 0.5) is 0 Å². The van der Waals surface area contributed by atoms with Gasteiger partial charge < -0.3 is 14.2 Å². The molecule has 1 fully saturated rings. The third-order valence-electron chi connectivity index (χ3n) is 4.64. The molecule has 1 saturated carbocycles. The molecule has 1 aliphatic heterocycles. The van der Waals surface area contributed by atoms with Gasteiger partial charge in [0.15, 0.2) is 5.76 Å². The topological polar surface area (TPSA) is 61.8 Å². The van der Waals surface area contributed by atoms with Crippen molar-refractivity contribution in [3.05, 3.63) is 57.3 Å². The first kappa shape index (κ1) is 17.8. The second-order valence-corrected chi connectivity index (χ2v) is 7.50. The molecule has 138 valence electrons. The fraction of sp³-hybridized carbons (Fsp3) is 0.238. The van der Waals surface area contributed by atoms with E-state index in [2.05, 4.69) is 15.9 Å². The van der Waals surface area contributed by atoms with E-state index in [1.54, 1.807) is 32.2 Å². The van der Waals surface area contributed by atoms with Crippen LogP contribution < -0.4 is 14.2 Å². The summed E-state index contributed by atoms with van der Waals surface area (Å²) in [7, 11) is 1.57. The first-order valence-corrected chi connectivity index (χ1v) is 9.40. The van der Waals surface area contributed by atoms with Crippen LogP contribution in [0, 0.1) is 12.8 Å². The second-order valence-electron chi connectivity index (χ2n) is 6.59. The Morgan fingerprint density at radius 2 is 1.96 bits per heavy atom. The number of hydrogen-bond donors (Lipinski definition) is 0. The quantitative estimate of drug-likeness (QED) is 0.401. The first-order chi connectivity index (χ1) is 13.0. The zero-order valence-electron chi connectivity index (χ0n) is 14.9. The number of fused-ring (bicyclic) bond motifs is 1. The lowest BCUT2D eigenvalue weighted by atomic mass is 10.1. The molecule has 2 aromatic rings. The van der Waals surface area contributed by atoms with Crippen molar-refractivity contribution in [2.75, 3.05) is 7.11 Å². The lowest BCUT2D eigenvalue weighted by molar-refractivity contribution is -0.135. The van der Waals surface area contributed by atoms with Crippen molar-refractivity contribution in [2.45, 2.75) is 19.8 Å². The Morgan fingerprint density at radius 1 is 1.22 bits per heavy atom. The summed E-state index contributed by atoms with van der Waals surface area (Å²) in [6, 6.07) is 8.81. The number of ketones is 1. The Bertz CT molecular complexity index is 988. The van der Waals surface area contributed by atoms with Gasteiger partial charge in [0.2, 0.25) is 5.78 Å². The number of carbonyl (C=O) groups excluding carboxylic acids is 2. The molecular weight excluding hydrogens is 412 g/mol. The van der Waals surface area contributed by atoms with Crippen LogP contribution in [0.1, 0.15) is 34.3 Å². The monoisotopic (exact) mass is 428 g/mol. The van der Waals surface area contributed by atoms with Crippen molar-refractivity contribution in [1.29, 1.82) is 0 Å². The van der Waals surface area contributed by atoms with Gasteiger partial charge in [-0.3, -0.25) is 9.59 Å². The number of rotatable bonds is 4. The Morgan fingerprint density at radius 3 is 2.67 bits per heavy atom. The SMILES string of the molecule is COc1ccc(Br)cc1/C=C1\Oc2c(ccc(OC(=O)C3CC3)c2C)C1=O. The molecule has 4 rings (SSSR count). The molecule has 0 radical (unpaired) electrons. The predicted molar refractivity (Wildman–Crippen MR) is 103 cm³/mol. The summed E-state index contributed by atoms with van der Waals surface area (Å²) >= 11 is 3.42. The van der Waals surface area contributed by atoms with E-state index in [-0.39, 0.29) is 23.4 Å². The molecule has 5 nitrogen and oxygen atoms in total. The van der Waals surface area contributed by atoms with Crippen molar-refractivity contribution in [1.82, 2.24) is 0 Å². The molecule has 2 aromatic carbocycles. The average molecular weight is 429 g/mol. The highest BCUT2D eigenvalue weighted by molar-refractivity contribution is 9.10. The Kier molecular flexibility index (Phi) is 4.52. The van der Waals surface area contributed by atoms with E-state index in [9.17, 15) is 9.59 Å². The normalized spacial score (nSPS) is 16.9. The molecule has 1 aliphatic carbocycles. The first-order valence-electron chi connectivity index (χ1n) is 8.61. The van der Waals surface area contributed by atoms with Crippen LogP contribution in [0.5, 0.6) is 17.2 Å². The van der Waals surface area contributed by atoms with E-state index in [4.69, 9.17) is 14.2 Å². The largest absolute Gasteiger partial charge is 0.496 e. The molecule has 0 bridgehead atoms. The van der Waals surface area contributed by atoms with Gasteiger partial charge in [0, 0.05) is 15.6 Å². The van der Waals surface area contributed by atoms with Gasteiger partial charge in [-0.05, 0) is 56.2 Å². The lowest BCUT2D eigenvalue weighted by Gasteiger charge is -2.09. The van der Waals surface area contributed by atoms with E-state index in [0.29, 0.717) is 28.4 Å². The Hall–Kier alpha value is -2.60. The fourth-order valence-corrected chi connectivity index (χ4v) is 3.33. The van der Waals surface area contributed by atoms with Gasteiger partial charge in [-0.15, -0.1) is 0 Å². The summed E-state index contributed by atoms with van der Waals surface area (Å²) in [6.07, 6.45) is 3.40. The molecule has 2 aliphatic rings. The van der Waals surface area contributed by atoms with Gasteiger partial charge in [-0.1, -0.05) is 15.9 Å². The molecule has 0 atom stereocenters. The molecule has 0 saturated heterocycles. The standard InChI is InChI=1S/C21H17BrO5/c1-11-16(27-21(24)12-3-4-12)8-6-15-19(23)18(26-20(11)15)10-13-9-14(22)5-7-17(13)25-2/h5-10,12H,3-4H2,1-2H3/b18-10-. The number of methoxy groups -OCH3 is 1. The van der Waals surface area contributed by atoms with Crippen molar-refractivity contribution in [2.24, 2.45) is 5.92 Å². The number of halogens is 1. The molecule has 0 aromatic heterocycles. The van der Waals surface area contributed by atoms with E-state index in [1.807, 2.05) is 18.2 Å². The van der Waals surface area contributed by atoms with Crippen molar-refractivity contribution < 1.29 is 23.8 Å². The van der Waals surface area contributed by atoms with Gasteiger partial charge >= 0.3 is 5.97 Å². The van der Waals surface area contributed by atoms with E-state index < -0.39 is 0 Å². The maximum absolute atomic E-state index is 12.7.